The maximum absolute atomic E-state index is 13.2. The zero-order chi connectivity index (χ0) is 22.6. The van der Waals surface area contributed by atoms with E-state index in [1.807, 2.05) is 0 Å². The van der Waals surface area contributed by atoms with Crippen LogP contribution in [-0.2, 0) is 12.7 Å². The van der Waals surface area contributed by atoms with Gasteiger partial charge in [-0.15, -0.1) is 0 Å². The number of hydrogen-bond acceptors (Lipinski definition) is 5. The number of imidazole rings is 1. The molecule has 0 atom stereocenters. The lowest BCUT2D eigenvalue weighted by molar-refractivity contribution is -0.140. The highest BCUT2D eigenvalue weighted by atomic mass is 35.5. The number of hydrogen-bond donors (Lipinski definition) is 0. The van der Waals surface area contributed by atoms with Crippen LogP contribution in [0.15, 0.2) is 41.5 Å². The third-order valence-corrected chi connectivity index (χ3v) is 5.56. The van der Waals surface area contributed by atoms with Gasteiger partial charge in [0, 0.05) is 17.8 Å². The molecule has 1 aliphatic rings. The van der Waals surface area contributed by atoms with Crippen LogP contribution in [0.1, 0.15) is 30.1 Å². The molecule has 0 unspecified atom stereocenters. The van der Waals surface area contributed by atoms with Crippen molar-refractivity contribution in [3.63, 3.8) is 0 Å². The van der Waals surface area contributed by atoms with Crippen LogP contribution in [0.25, 0.3) is 22.6 Å². The Morgan fingerprint density at radius 1 is 1.06 bits per heavy atom. The third-order valence-electron chi connectivity index (χ3n) is 5.13. The molecule has 7 nitrogen and oxygen atoms in total. The van der Waals surface area contributed by atoms with Crippen LogP contribution in [0.4, 0.5) is 13.2 Å². The van der Waals surface area contributed by atoms with Gasteiger partial charge in [0.1, 0.15) is 11.3 Å². The van der Waals surface area contributed by atoms with Gasteiger partial charge < -0.3 is 4.57 Å². The average molecular weight is 481 g/mol. The van der Waals surface area contributed by atoms with Gasteiger partial charge in [-0.25, -0.2) is 15.0 Å². The summed E-state index contributed by atoms with van der Waals surface area (Å²) in [4.78, 5) is 28.3. The van der Waals surface area contributed by atoms with Gasteiger partial charge in [-0.3, -0.25) is 9.36 Å². The van der Waals surface area contributed by atoms with Crippen molar-refractivity contribution >= 4 is 34.4 Å². The predicted octanol–water partition coefficient (Wildman–Crippen LogP) is 4.76. The molecule has 1 aromatic carbocycles. The highest BCUT2D eigenvalue weighted by molar-refractivity contribution is 6.29. The van der Waals surface area contributed by atoms with E-state index in [0.29, 0.717) is 16.6 Å². The molecule has 0 spiro atoms. The molecule has 32 heavy (non-hydrogen) atoms. The van der Waals surface area contributed by atoms with Gasteiger partial charge in [-0.1, -0.05) is 35.9 Å². The number of alkyl halides is 3. The van der Waals surface area contributed by atoms with E-state index in [0.717, 1.165) is 19.0 Å². The molecule has 0 saturated heterocycles. The minimum atomic E-state index is -4.51. The van der Waals surface area contributed by atoms with Crippen molar-refractivity contribution in [3.8, 4) is 11.4 Å². The number of nitrogens with zero attached hydrogens (tertiary/aromatic N) is 6. The van der Waals surface area contributed by atoms with E-state index in [1.54, 1.807) is 28.8 Å². The average Bonchev–Trinajstić information content (AvgIpc) is 3.49. The van der Waals surface area contributed by atoms with Crippen molar-refractivity contribution in [2.45, 2.75) is 31.6 Å². The molecule has 1 saturated carbocycles. The molecular formula is C20H13Cl2F3N6O. The normalized spacial score (nSPS) is 14.3. The SMILES string of the molecule is O=c1c(Cl)nc2cnc(Cl)nc2n1Cc1ccc(-c2nc(C(F)(F)F)cn2C2CC2)cc1. The summed E-state index contributed by atoms with van der Waals surface area (Å²) in [6.07, 6.45) is -0.439. The van der Waals surface area contributed by atoms with Crippen LogP contribution in [0.5, 0.6) is 0 Å². The van der Waals surface area contributed by atoms with E-state index < -0.39 is 17.4 Å². The molecule has 1 aliphatic carbocycles. The fraction of sp³-hybridized carbons (Fsp3) is 0.250. The topological polar surface area (TPSA) is 78.5 Å². The maximum atomic E-state index is 13.2. The third kappa shape index (κ3) is 3.84. The second-order valence-corrected chi connectivity index (χ2v) is 8.12. The summed E-state index contributed by atoms with van der Waals surface area (Å²) in [5, 5.41) is -0.274. The second-order valence-electron chi connectivity index (χ2n) is 7.42. The van der Waals surface area contributed by atoms with Crippen molar-refractivity contribution in [1.29, 1.82) is 0 Å². The Kier molecular flexibility index (Phi) is 4.94. The Labute approximate surface area is 188 Å². The fourth-order valence-corrected chi connectivity index (χ4v) is 3.77. The highest BCUT2D eigenvalue weighted by Gasteiger charge is 2.37. The van der Waals surface area contributed by atoms with E-state index in [2.05, 4.69) is 19.9 Å². The minimum Gasteiger partial charge on any atom is -0.327 e. The smallest absolute Gasteiger partial charge is 0.327 e. The number of halogens is 5. The summed E-state index contributed by atoms with van der Waals surface area (Å²) >= 11 is 11.8. The van der Waals surface area contributed by atoms with Gasteiger partial charge in [0.25, 0.3) is 5.56 Å². The van der Waals surface area contributed by atoms with Crippen LogP contribution >= 0.6 is 23.2 Å². The first kappa shape index (κ1) is 20.9. The Morgan fingerprint density at radius 2 is 1.78 bits per heavy atom. The quantitative estimate of drug-likeness (QED) is 0.393. The molecule has 1 fully saturated rings. The largest absolute Gasteiger partial charge is 0.434 e. The van der Waals surface area contributed by atoms with Gasteiger partial charge in [0.15, 0.2) is 16.5 Å². The van der Waals surface area contributed by atoms with Crippen LogP contribution < -0.4 is 5.56 Å². The molecular weight excluding hydrogens is 468 g/mol. The number of fused-ring (bicyclic) bond motifs is 1. The minimum absolute atomic E-state index is 0.0293. The molecule has 5 rings (SSSR count). The summed E-state index contributed by atoms with van der Waals surface area (Å²) in [5.74, 6) is 0.264. The standard InChI is InChI=1S/C20H13Cl2F3N6O/c21-15-18(32)31(17-13(27-15)7-26-19(22)29-17)8-10-1-3-11(4-2-10)16-28-14(20(23,24)25)9-30(16)12-5-6-12/h1-4,7,9,12H,5-6,8H2. The van der Waals surface area contributed by atoms with Gasteiger partial charge in [-0.2, -0.15) is 18.2 Å². The van der Waals surface area contributed by atoms with Crippen molar-refractivity contribution < 1.29 is 13.2 Å². The summed E-state index contributed by atoms with van der Waals surface area (Å²) in [5.41, 5.74) is 0.326. The summed E-state index contributed by atoms with van der Waals surface area (Å²) in [6.45, 7) is 0.107. The molecule has 0 N–H and O–H groups in total. The predicted molar refractivity (Wildman–Crippen MR) is 112 cm³/mol. The van der Waals surface area contributed by atoms with Crippen molar-refractivity contribution in [1.82, 2.24) is 29.1 Å². The lowest BCUT2D eigenvalue weighted by Gasteiger charge is -2.11. The molecule has 0 radical (unpaired) electrons. The van der Waals surface area contributed by atoms with E-state index in [4.69, 9.17) is 23.2 Å². The number of benzene rings is 1. The van der Waals surface area contributed by atoms with E-state index in [1.165, 1.54) is 10.8 Å². The van der Waals surface area contributed by atoms with Gasteiger partial charge in [-0.05, 0) is 30.0 Å². The Balaban J connectivity index is 1.51. The van der Waals surface area contributed by atoms with Crippen LogP contribution in [-0.4, -0.2) is 29.1 Å². The van der Waals surface area contributed by atoms with E-state index in [9.17, 15) is 18.0 Å². The Bertz CT molecular complexity index is 1390. The molecule has 164 valence electrons. The highest BCUT2D eigenvalue weighted by Crippen LogP contribution is 2.40. The van der Waals surface area contributed by atoms with Crippen molar-refractivity contribution in [3.05, 3.63) is 68.7 Å². The Morgan fingerprint density at radius 3 is 2.44 bits per heavy atom. The lowest BCUT2D eigenvalue weighted by Crippen LogP contribution is -2.23. The second kappa shape index (κ2) is 7.56. The molecule has 3 aromatic heterocycles. The maximum Gasteiger partial charge on any atom is 0.434 e. The number of rotatable bonds is 4. The Hall–Kier alpha value is -2.98. The van der Waals surface area contributed by atoms with Gasteiger partial charge in [0.2, 0.25) is 5.28 Å². The zero-order valence-electron chi connectivity index (χ0n) is 16.1. The van der Waals surface area contributed by atoms with Gasteiger partial charge in [0.05, 0.1) is 12.7 Å². The summed E-state index contributed by atoms with van der Waals surface area (Å²) in [7, 11) is 0. The lowest BCUT2D eigenvalue weighted by atomic mass is 10.1. The van der Waals surface area contributed by atoms with E-state index >= 15 is 0 Å². The summed E-state index contributed by atoms with van der Waals surface area (Å²) < 4.78 is 42.4. The van der Waals surface area contributed by atoms with Crippen LogP contribution in [0.3, 0.4) is 0 Å². The molecule has 3 heterocycles. The molecule has 4 aromatic rings. The first-order valence-corrected chi connectivity index (χ1v) is 10.3. The van der Waals surface area contributed by atoms with E-state index in [-0.39, 0.29) is 34.5 Å². The molecule has 12 heteroatoms. The molecule has 0 amide bonds. The fourth-order valence-electron chi connectivity index (χ4n) is 3.45. The van der Waals surface area contributed by atoms with Crippen LogP contribution in [0.2, 0.25) is 10.4 Å². The zero-order valence-corrected chi connectivity index (χ0v) is 17.7. The van der Waals surface area contributed by atoms with Crippen LogP contribution in [0, 0.1) is 0 Å². The van der Waals surface area contributed by atoms with Gasteiger partial charge >= 0.3 is 6.18 Å². The molecule has 0 aliphatic heterocycles. The molecule has 0 bridgehead atoms. The first-order valence-electron chi connectivity index (χ1n) is 9.54. The number of aromatic nitrogens is 6. The van der Waals surface area contributed by atoms with Crippen molar-refractivity contribution in [2.24, 2.45) is 0 Å². The van der Waals surface area contributed by atoms with Crippen molar-refractivity contribution in [2.75, 3.05) is 0 Å². The summed E-state index contributed by atoms with van der Waals surface area (Å²) in [6, 6.07) is 6.80. The first-order chi connectivity index (χ1) is 15.2. The monoisotopic (exact) mass is 480 g/mol.